The number of nitrogen functional groups attached to an aromatic ring is 1. The van der Waals surface area contributed by atoms with Crippen LogP contribution in [0.15, 0.2) is 40.9 Å². The summed E-state index contributed by atoms with van der Waals surface area (Å²) in [4.78, 5) is 10.8. The van der Waals surface area contributed by atoms with Crippen LogP contribution in [0.5, 0.6) is 0 Å². The Kier molecular flexibility index (Phi) is 3.71. The number of carboxylic acids is 1. The van der Waals surface area contributed by atoms with Crippen molar-refractivity contribution in [3.8, 4) is 0 Å². The van der Waals surface area contributed by atoms with Crippen molar-refractivity contribution in [1.29, 1.82) is 0 Å². The average Bonchev–Trinajstić information content (AvgIpc) is 2.33. The van der Waals surface area contributed by atoms with Crippen LogP contribution in [0.2, 0.25) is 0 Å². The van der Waals surface area contributed by atoms with Crippen molar-refractivity contribution in [2.45, 2.75) is 0 Å². The predicted octanol–water partition coefficient (Wildman–Crippen LogP) is 3.61. The maximum absolute atomic E-state index is 13.6. The van der Waals surface area contributed by atoms with E-state index in [1.165, 1.54) is 24.3 Å². The van der Waals surface area contributed by atoms with Gasteiger partial charge < -0.3 is 16.2 Å². The van der Waals surface area contributed by atoms with E-state index in [1.54, 1.807) is 12.1 Å². The lowest BCUT2D eigenvalue weighted by atomic mass is 10.1. The molecule has 6 heteroatoms. The number of anilines is 3. The van der Waals surface area contributed by atoms with Gasteiger partial charge in [-0.05, 0) is 36.4 Å². The van der Waals surface area contributed by atoms with Crippen LogP contribution < -0.4 is 11.1 Å². The maximum Gasteiger partial charge on any atom is 0.337 e. The number of nitrogens with one attached hydrogen (secondary N) is 1. The number of halogens is 2. The Morgan fingerprint density at radius 2 is 2.00 bits per heavy atom. The highest BCUT2D eigenvalue weighted by Crippen LogP contribution is 2.26. The lowest BCUT2D eigenvalue weighted by molar-refractivity contribution is 0.0698. The fraction of sp³-hybridized carbons (Fsp3) is 0. The van der Waals surface area contributed by atoms with Gasteiger partial charge in [-0.2, -0.15) is 0 Å². The molecule has 0 aliphatic rings. The van der Waals surface area contributed by atoms with Gasteiger partial charge in [0.1, 0.15) is 5.82 Å². The van der Waals surface area contributed by atoms with Gasteiger partial charge in [0, 0.05) is 15.8 Å². The number of hydrogen-bond donors (Lipinski definition) is 3. The number of carboxylic acid groups (broad SMARTS) is 1. The fourth-order valence-electron chi connectivity index (χ4n) is 1.58. The fourth-order valence-corrected chi connectivity index (χ4v) is 1.95. The highest BCUT2D eigenvalue weighted by atomic mass is 79.9. The lowest BCUT2D eigenvalue weighted by Gasteiger charge is -2.10. The SMILES string of the molecule is Nc1cc(Nc2cc(Br)ccc2F)ccc1C(=O)O. The molecule has 4 N–H and O–H groups in total. The van der Waals surface area contributed by atoms with Crippen LogP contribution in [-0.2, 0) is 0 Å². The normalized spacial score (nSPS) is 10.2. The molecule has 2 rings (SSSR count). The standard InChI is InChI=1S/C13H10BrFN2O2/c14-7-1-4-10(15)12(5-7)17-8-2-3-9(13(18)19)11(16)6-8/h1-6,17H,16H2,(H,18,19). The Bertz CT molecular complexity index is 647. The van der Waals surface area contributed by atoms with Crippen LogP contribution in [-0.4, -0.2) is 11.1 Å². The first-order valence-corrected chi connectivity index (χ1v) is 6.11. The molecule has 4 nitrogen and oxygen atoms in total. The monoisotopic (exact) mass is 324 g/mol. The van der Waals surface area contributed by atoms with E-state index in [4.69, 9.17) is 10.8 Å². The Morgan fingerprint density at radius 1 is 1.26 bits per heavy atom. The van der Waals surface area contributed by atoms with Crippen molar-refractivity contribution in [3.05, 3.63) is 52.3 Å². The highest BCUT2D eigenvalue weighted by Gasteiger charge is 2.09. The summed E-state index contributed by atoms with van der Waals surface area (Å²) in [5, 5.41) is 11.7. The van der Waals surface area contributed by atoms with Crippen LogP contribution in [0, 0.1) is 5.82 Å². The molecule has 0 saturated carbocycles. The number of hydrogen-bond acceptors (Lipinski definition) is 3. The van der Waals surface area contributed by atoms with Gasteiger partial charge in [-0.25, -0.2) is 9.18 Å². The molecule has 98 valence electrons. The molecule has 2 aromatic carbocycles. The summed E-state index contributed by atoms with van der Waals surface area (Å²) in [6.07, 6.45) is 0. The third kappa shape index (κ3) is 3.03. The van der Waals surface area contributed by atoms with E-state index in [0.717, 1.165) is 4.47 Å². The van der Waals surface area contributed by atoms with Crippen molar-refractivity contribution in [2.24, 2.45) is 0 Å². The van der Waals surface area contributed by atoms with E-state index in [2.05, 4.69) is 21.2 Å². The third-order valence-electron chi connectivity index (χ3n) is 2.49. The summed E-state index contributed by atoms with van der Waals surface area (Å²) < 4.78 is 14.3. The minimum atomic E-state index is -1.10. The van der Waals surface area contributed by atoms with Crippen molar-refractivity contribution in [1.82, 2.24) is 0 Å². The minimum Gasteiger partial charge on any atom is -0.478 e. The van der Waals surface area contributed by atoms with Crippen molar-refractivity contribution in [3.63, 3.8) is 0 Å². The van der Waals surface area contributed by atoms with E-state index >= 15 is 0 Å². The lowest BCUT2D eigenvalue weighted by Crippen LogP contribution is -2.03. The van der Waals surface area contributed by atoms with E-state index < -0.39 is 11.8 Å². The molecule has 0 unspecified atom stereocenters. The van der Waals surface area contributed by atoms with Gasteiger partial charge in [0.15, 0.2) is 0 Å². The highest BCUT2D eigenvalue weighted by molar-refractivity contribution is 9.10. The molecule has 0 amide bonds. The van der Waals surface area contributed by atoms with Gasteiger partial charge in [-0.3, -0.25) is 0 Å². The van der Waals surface area contributed by atoms with Crippen LogP contribution in [0.25, 0.3) is 0 Å². The molecule has 0 saturated heterocycles. The molecule has 0 aliphatic heterocycles. The Labute approximate surface area is 117 Å². The first-order chi connectivity index (χ1) is 8.97. The van der Waals surface area contributed by atoms with Gasteiger partial charge in [-0.15, -0.1) is 0 Å². The zero-order valence-electron chi connectivity index (χ0n) is 9.65. The van der Waals surface area contributed by atoms with E-state index in [1.807, 2.05) is 0 Å². The Balaban J connectivity index is 2.31. The number of aromatic carboxylic acids is 1. The largest absolute Gasteiger partial charge is 0.478 e. The quantitative estimate of drug-likeness (QED) is 0.754. The van der Waals surface area contributed by atoms with Crippen molar-refractivity contribution in [2.75, 3.05) is 11.1 Å². The summed E-state index contributed by atoms with van der Waals surface area (Å²) in [6.45, 7) is 0. The zero-order valence-corrected chi connectivity index (χ0v) is 11.2. The number of benzene rings is 2. The first kappa shape index (κ1) is 13.4. The average molecular weight is 325 g/mol. The number of rotatable bonds is 3. The van der Waals surface area contributed by atoms with E-state index in [-0.39, 0.29) is 16.9 Å². The van der Waals surface area contributed by atoms with Gasteiger partial charge in [-0.1, -0.05) is 15.9 Å². The second-order valence-electron chi connectivity index (χ2n) is 3.86. The van der Waals surface area contributed by atoms with E-state index in [9.17, 15) is 9.18 Å². The molecular formula is C13H10BrFN2O2. The molecule has 0 heterocycles. The second kappa shape index (κ2) is 5.27. The van der Waals surface area contributed by atoms with Gasteiger partial charge in [0.2, 0.25) is 0 Å². The number of carbonyl (C=O) groups is 1. The topological polar surface area (TPSA) is 75.3 Å². The molecule has 2 aromatic rings. The Hall–Kier alpha value is -2.08. The summed E-state index contributed by atoms with van der Waals surface area (Å²) in [6, 6.07) is 8.83. The van der Waals surface area contributed by atoms with Gasteiger partial charge >= 0.3 is 5.97 Å². The molecule has 19 heavy (non-hydrogen) atoms. The Morgan fingerprint density at radius 3 is 2.63 bits per heavy atom. The second-order valence-corrected chi connectivity index (χ2v) is 4.77. The van der Waals surface area contributed by atoms with Crippen LogP contribution in [0.1, 0.15) is 10.4 Å². The van der Waals surface area contributed by atoms with Crippen LogP contribution in [0.3, 0.4) is 0 Å². The summed E-state index contributed by atoms with van der Waals surface area (Å²) in [5.41, 5.74) is 6.54. The van der Waals surface area contributed by atoms with Crippen molar-refractivity contribution >= 4 is 39.0 Å². The first-order valence-electron chi connectivity index (χ1n) is 5.32. The molecule has 0 atom stereocenters. The molecule has 0 fully saturated rings. The number of nitrogens with two attached hydrogens (primary N) is 1. The smallest absolute Gasteiger partial charge is 0.337 e. The van der Waals surface area contributed by atoms with E-state index in [0.29, 0.717) is 5.69 Å². The van der Waals surface area contributed by atoms with Gasteiger partial charge in [0.05, 0.1) is 11.3 Å². The predicted molar refractivity (Wildman–Crippen MR) is 75.2 cm³/mol. The maximum atomic E-state index is 13.6. The molecule has 0 bridgehead atoms. The summed E-state index contributed by atoms with van der Waals surface area (Å²) in [5.74, 6) is -1.51. The van der Waals surface area contributed by atoms with Crippen LogP contribution in [0.4, 0.5) is 21.5 Å². The molecule has 0 radical (unpaired) electrons. The van der Waals surface area contributed by atoms with Crippen molar-refractivity contribution < 1.29 is 14.3 Å². The summed E-state index contributed by atoms with van der Waals surface area (Å²) in [7, 11) is 0. The van der Waals surface area contributed by atoms with Crippen LogP contribution >= 0.6 is 15.9 Å². The zero-order chi connectivity index (χ0) is 14.0. The minimum absolute atomic E-state index is 0.0141. The molecule has 0 aliphatic carbocycles. The molecule has 0 spiro atoms. The molecular weight excluding hydrogens is 315 g/mol. The third-order valence-corrected chi connectivity index (χ3v) is 2.98. The van der Waals surface area contributed by atoms with Gasteiger partial charge in [0.25, 0.3) is 0 Å². The molecule has 0 aromatic heterocycles. The summed E-state index contributed by atoms with van der Waals surface area (Å²) >= 11 is 3.25.